The number of carbonyl (C=O) groups is 1. The molecule has 0 radical (unpaired) electrons. The molecule has 1 unspecified atom stereocenters. The molecule has 1 heterocycles. The molecule has 0 bridgehead atoms. The predicted molar refractivity (Wildman–Crippen MR) is 47.4 cm³/mol. The minimum absolute atomic E-state index is 0.0516. The highest BCUT2D eigenvalue weighted by Crippen LogP contribution is 2.19. The van der Waals surface area contributed by atoms with Crippen LogP contribution < -0.4 is 0 Å². The van der Waals surface area contributed by atoms with Crippen LogP contribution >= 0.6 is 31.9 Å². The number of amides is 1. The Morgan fingerprint density at radius 1 is 1.80 bits per heavy atom. The first-order valence-electron chi connectivity index (χ1n) is 2.88. The van der Waals surface area contributed by atoms with Crippen molar-refractivity contribution >= 4 is 37.8 Å². The Bertz CT molecular complexity index is 190. The van der Waals surface area contributed by atoms with Crippen LogP contribution in [0.4, 0.5) is 0 Å². The second kappa shape index (κ2) is 3.05. The maximum atomic E-state index is 11.1. The highest BCUT2D eigenvalue weighted by molar-refractivity contribution is 9.12. The lowest BCUT2D eigenvalue weighted by Crippen LogP contribution is -2.35. The third-order valence-electron chi connectivity index (χ3n) is 1.33. The van der Waals surface area contributed by atoms with Crippen molar-refractivity contribution in [1.82, 2.24) is 4.90 Å². The third-order valence-corrected chi connectivity index (χ3v) is 2.48. The van der Waals surface area contributed by atoms with Gasteiger partial charge in [0.1, 0.15) is 0 Å². The topological polar surface area (TPSA) is 20.3 Å². The quantitative estimate of drug-likeness (QED) is 0.610. The van der Waals surface area contributed by atoms with E-state index >= 15 is 0 Å². The van der Waals surface area contributed by atoms with Crippen molar-refractivity contribution < 1.29 is 4.79 Å². The predicted octanol–water partition coefficient (Wildman–Crippen LogP) is 1.50. The summed E-state index contributed by atoms with van der Waals surface area (Å²) in [6.45, 7) is 0.744. The monoisotopic (exact) mass is 267 g/mol. The van der Waals surface area contributed by atoms with Crippen LogP contribution in [0.15, 0.2) is 10.6 Å². The van der Waals surface area contributed by atoms with E-state index in [-0.39, 0.29) is 10.7 Å². The van der Waals surface area contributed by atoms with Gasteiger partial charge in [-0.05, 0) is 22.0 Å². The van der Waals surface area contributed by atoms with Gasteiger partial charge >= 0.3 is 0 Å². The Kier molecular flexibility index (Phi) is 2.52. The van der Waals surface area contributed by atoms with Gasteiger partial charge in [-0.3, -0.25) is 4.79 Å². The molecule has 4 heteroatoms. The molecular formula is C6H7Br2NO. The molecule has 0 aromatic rings. The largest absolute Gasteiger partial charge is 0.340 e. The Morgan fingerprint density at radius 3 is 2.90 bits per heavy atom. The molecule has 0 saturated heterocycles. The van der Waals surface area contributed by atoms with Crippen LogP contribution in [0.25, 0.3) is 0 Å². The Hall–Kier alpha value is 0.170. The maximum Gasteiger partial charge on any atom is 0.260 e. The summed E-state index contributed by atoms with van der Waals surface area (Å²) in [4.78, 5) is 13.0. The standard InChI is InChI=1S/C6H7Br2NO/c1-9-3-4(7)2-5(8)6(9)10/h2,4H,3H2,1H3. The van der Waals surface area contributed by atoms with Gasteiger partial charge in [-0.25, -0.2) is 0 Å². The summed E-state index contributed by atoms with van der Waals surface area (Å²) in [5.41, 5.74) is 0. The number of halogens is 2. The molecule has 2 nitrogen and oxygen atoms in total. The molecule has 1 aliphatic heterocycles. The summed E-state index contributed by atoms with van der Waals surface area (Å²) in [5, 5.41) is 0. The van der Waals surface area contributed by atoms with Crippen LogP contribution in [0, 0.1) is 0 Å². The van der Waals surface area contributed by atoms with E-state index in [9.17, 15) is 4.79 Å². The average Bonchev–Trinajstić information content (AvgIpc) is 1.82. The number of hydrogen-bond donors (Lipinski definition) is 0. The van der Waals surface area contributed by atoms with Crippen molar-refractivity contribution in [2.75, 3.05) is 13.6 Å². The Morgan fingerprint density at radius 2 is 2.40 bits per heavy atom. The fourth-order valence-electron chi connectivity index (χ4n) is 0.810. The molecule has 1 atom stereocenters. The van der Waals surface area contributed by atoms with E-state index in [0.717, 1.165) is 6.54 Å². The van der Waals surface area contributed by atoms with Gasteiger partial charge in [0.15, 0.2) is 0 Å². The van der Waals surface area contributed by atoms with Gasteiger partial charge in [0.25, 0.3) is 5.91 Å². The van der Waals surface area contributed by atoms with Crippen molar-refractivity contribution in [2.45, 2.75) is 4.83 Å². The SMILES string of the molecule is CN1CC(Br)C=C(Br)C1=O. The molecule has 10 heavy (non-hydrogen) atoms. The number of alkyl halides is 1. The molecule has 1 aliphatic rings. The number of carbonyl (C=O) groups excluding carboxylic acids is 1. The molecule has 1 amide bonds. The lowest BCUT2D eigenvalue weighted by atomic mass is 10.2. The minimum Gasteiger partial charge on any atom is -0.340 e. The first kappa shape index (κ1) is 8.27. The zero-order chi connectivity index (χ0) is 7.72. The van der Waals surface area contributed by atoms with Crippen molar-refractivity contribution in [3.05, 3.63) is 10.6 Å². The molecule has 1 rings (SSSR count). The third kappa shape index (κ3) is 1.61. The molecule has 56 valence electrons. The van der Waals surface area contributed by atoms with Crippen molar-refractivity contribution in [1.29, 1.82) is 0 Å². The average molecular weight is 269 g/mol. The van der Waals surface area contributed by atoms with E-state index in [1.165, 1.54) is 0 Å². The summed E-state index contributed by atoms with van der Waals surface area (Å²) in [5.74, 6) is 0.0516. The van der Waals surface area contributed by atoms with E-state index in [1.807, 2.05) is 6.08 Å². The lowest BCUT2D eigenvalue weighted by molar-refractivity contribution is -0.125. The molecular weight excluding hydrogens is 262 g/mol. The second-order valence-electron chi connectivity index (χ2n) is 2.22. The van der Waals surface area contributed by atoms with Crippen LogP contribution in [0.2, 0.25) is 0 Å². The van der Waals surface area contributed by atoms with Crippen LogP contribution in [0.1, 0.15) is 0 Å². The van der Waals surface area contributed by atoms with Crippen molar-refractivity contribution in [3.63, 3.8) is 0 Å². The Balaban J connectivity index is 2.81. The first-order valence-corrected chi connectivity index (χ1v) is 4.59. The van der Waals surface area contributed by atoms with Gasteiger partial charge in [0, 0.05) is 13.6 Å². The zero-order valence-corrected chi connectivity index (χ0v) is 8.65. The smallest absolute Gasteiger partial charge is 0.260 e. The van der Waals surface area contributed by atoms with Gasteiger partial charge in [-0.2, -0.15) is 0 Å². The molecule has 0 aliphatic carbocycles. The summed E-state index contributed by atoms with van der Waals surface area (Å²) < 4.78 is 0.642. The van der Waals surface area contributed by atoms with Gasteiger partial charge in [0.05, 0.1) is 9.31 Å². The molecule has 0 fully saturated rings. The Labute approximate surface area is 76.5 Å². The van der Waals surface area contributed by atoms with Crippen LogP contribution in [-0.4, -0.2) is 29.2 Å². The van der Waals surface area contributed by atoms with Crippen molar-refractivity contribution in [2.24, 2.45) is 0 Å². The fraction of sp³-hybridized carbons (Fsp3) is 0.500. The van der Waals surface area contributed by atoms with E-state index < -0.39 is 0 Å². The van der Waals surface area contributed by atoms with E-state index in [1.54, 1.807) is 11.9 Å². The molecule has 0 aromatic carbocycles. The summed E-state index contributed by atoms with van der Waals surface area (Å²) in [7, 11) is 1.78. The fourth-order valence-corrected chi connectivity index (χ4v) is 2.48. The summed E-state index contributed by atoms with van der Waals surface area (Å²) in [6.07, 6.45) is 1.86. The van der Waals surface area contributed by atoms with E-state index in [4.69, 9.17) is 0 Å². The van der Waals surface area contributed by atoms with Crippen LogP contribution in [0.5, 0.6) is 0 Å². The number of hydrogen-bond acceptors (Lipinski definition) is 1. The van der Waals surface area contributed by atoms with Gasteiger partial charge < -0.3 is 4.90 Å². The van der Waals surface area contributed by atoms with E-state index in [0.29, 0.717) is 4.48 Å². The molecule has 0 aromatic heterocycles. The van der Waals surface area contributed by atoms with Crippen LogP contribution in [0.3, 0.4) is 0 Å². The second-order valence-corrected chi connectivity index (χ2v) is 4.25. The van der Waals surface area contributed by atoms with Crippen LogP contribution in [-0.2, 0) is 4.79 Å². The first-order chi connectivity index (χ1) is 4.61. The lowest BCUT2D eigenvalue weighted by Gasteiger charge is -2.23. The highest BCUT2D eigenvalue weighted by atomic mass is 79.9. The number of rotatable bonds is 0. The summed E-state index contributed by atoms with van der Waals surface area (Å²) in [6, 6.07) is 0. The normalized spacial score (nSPS) is 26.7. The molecule has 0 N–H and O–H groups in total. The van der Waals surface area contributed by atoms with Gasteiger partial charge in [-0.15, -0.1) is 0 Å². The highest BCUT2D eigenvalue weighted by Gasteiger charge is 2.20. The van der Waals surface area contributed by atoms with E-state index in [2.05, 4.69) is 31.9 Å². The number of nitrogens with zero attached hydrogens (tertiary/aromatic N) is 1. The number of likely N-dealkylation sites (N-methyl/N-ethyl adjacent to an activating group) is 1. The zero-order valence-electron chi connectivity index (χ0n) is 5.47. The molecule has 0 saturated carbocycles. The van der Waals surface area contributed by atoms with Crippen molar-refractivity contribution in [3.8, 4) is 0 Å². The maximum absolute atomic E-state index is 11.1. The minimum atomic E-state index is 0.0516. The van der Waals surface area contributed by atoms with Gasteiger partial charge in [-0.1, -0.05) is 15.9 Å². The summed E-state index contributed by atoms with van der Waals surface area (Å²) >= 11 is 6.57. The molecule has 0 spiro atoms. The van der Waals surface area contributed by atoms with Gasteiger partial charge in [0.2, 0.25) is 0 Å².